The number of aliphatic carboxylic acids is 1. The molecule has 1 heterocycles. The number of ether oxygens (including phenoxy) is 1. The van der Waals surface area contributed by atoms with Gasteiger partial charge in [-0.15, -0.1) is 11.3 Å². The van der Waals surface area contributed by atoms with E-state index in [0.29, 0.717) is 25.1 Å². The van der Waals surface area contributed by atoms with Crippen molar-refractivity contribution in [1.29, 1.82) is 0 Å². The van der Waals surface area contributed by atoms with Gasteiger partial charge in [0.15, 0.2) is 6.61 Å². The van der Waals surface area contributed by atoms with Crippen LogP contribution in [0.4, 0.5) is 0 Å². The summed E-state index contributed by atoms with van der Waals surface area (Å²) >= 11 is 1.61. The molecule has 6 nitrogen and oxygen atoms in total. The van der Waals surface area contributed by atoms with Gasteiger partial charge in [0.2, 0.25) is 0 Å². The average molecular weight is 425 g/mol. The monoisotopic (exact) mass is 424 g/mol. The van der Waals surface area contributed by atoms with Gasteiger partial charge in [0.1, 0.15) is 10.8 Å². The van der Waals surface area contributed by atoms with Gasteiger partial charge >= 0.3 is 5.97 Å². The third-order valence-corrected chi connectivity index (χ3v) is 5.48. The van der Waals surface area contributed by atoms with Gasteiger partial charge in [0.25, 0.3) is 5.91 Å². The van der Waals surface area contributed by atoms with Crippen LogP contribution in [0.1, 0.15) is 36.8 Å². The number of carbonyl (C=O) groups is 2. The van der Waals surface area contributed by atoms with Crippen LogP contribution in [0.15, 0.2) is 48.5 Å². The molecule has 156 valence electrons. The lowest BCUT2D eigenvalue weighted by Crippen LogP contribution is -2.28. The summed E-state index contributed by atoms with van der Waals surface area (Å²) in [6.45, 7) is 2.41. The van der Waals surface area contributed by atoms with Crippen LogP contribution in [0.25, 0.3) is 21.9 Å². The Bertz CT molecular complexity index is 1010. The molecule has 0 aliphatic carbocycles. The lowest BCUT2D eigenvalue weighted by molar-refractivity contribution is -0.137. The first-order valence-corrected chi connectivity index (χ1v) is 10.6. The minimum absolute atomic E-state index is 0.0187. The minimum atomic E-state index is -0.799. The van der Waals surface area contributed by atoms with E-state index in [4.69, 9.17) is 14.8 Å². The Balaban J connectivity index is 1.78. The molecular formula is C23H24N2O4S. The standard InChI is InChI=1S/C23H24N2O4S/c1-2-24-21(26)15-29-18-12-10-16(11-13-18)14-17(6-5-9-22(27)28)23-25-19-7-3-4-8-20(19)30-23/h3-4,7-8,10-14H,2,5-6,9,15H2,1H3,(H,24,26)(H,27,28)/b17-14-. The fourth-order valence-electron chi connectivity index (χ4n) is 2.94. The predicted octanol–water partition coefficient (Wildman–Crippen LogP) is 4.61. The van der Waals surface area contributed by atoms with Crippen molar-refractivity contribution in [1.82, 2.24) is 10.3 Å². The zero-order chi connectivity index (χ0) is 21.3. The number of likely N-dealkylation sites (N-methyl/N-ethyl adjacent to an activating group) is 1. The first-order chi connectivity index (χ1) is 14.5. The second kappa shape index (κ2) is 10.5. The highest BCUT2D eigenvalue weighted by atomic mass is 32.1. The van der Waals surface area contributed by atoms with Gasteiger partial charge in [-0.3, -0.25) is 9.59 Å². The number of rotatable bonds is 10. The van der Waals surface area contributed by atoms with Crippen molar-refractivity contribution >= 4 is 45.1 Å². The summed E-state index contributed by atoms with van der Waals surface area (Å²) in [4.78, 5) is 27.2. The van der Waals surface area contributed by atoms with Gasteiger partial charge < -0.3 is 15.2 Å². The molecule has 0 atom stereocenters. The zero-order valence-electron chi connectivity index (χ0n) is 16.8. The number of benzene rings is 2. The van der Waals surface area contributed by atoms with E-state index in [1.54, 1.807) is 11.3 Å². The van der Waals surface area contributed by atoms with E-state index in [0.717, 1.165) is 26.4 Å². The van der Waals surface area contributed by atoms with Crippen molar-refractivity contribution in [3.63, 3.8) is 0 Å². The molecule has 1 amide bonds. The highest BCUT2D eigenvalue weighted by Gasteiger charge is 2.10. The fraction of sp³-hybridized carbons (Fsp3) is 0.261. The molecule has 2 aromatic carbocycles. The first-order valence-electron chi connectivity index (χ1n) is 9.83. The first kappa shape index (κ1) is 21.5. The number of thiazole rings is 1. The molecule has 3 rings (SSSR count). The summed E-state index contributed by atoms with van der Waals surface area (Å²) in [7, 11) is 0. The molecular weight excluding hydrogens is 400 g/mol. The van der Waals surface area contributed by atoms with Gasteiger partial charge in [0.05, 0.1) is 10.2 Å². The quantitative estimate of drug-likeness (QED) is 0.496. The molecule has 0 unspecified atom stereocenters. The maximum Gasteiger partial charge on any atom is 0.303 e. The second-order valence-electron chi connectivity index (χ2n) is 6.71. The Kier molecular flexibility index (Phi) is 7.57. The Labute approximate surface area is 179 Å². The molecule has 2 N–H and O–H groups in total. The molecule has 1 aromatic heterocycles. The van der Waals surface area contributed by atoms with Gasteiger partial charge in [-0.05, 0) is 61.2 Å². The van der Waals surface area contributed by atoms with E-state index >= 15 is 0 Å². The van der Waals surface area contributed by atoms with Crippen LogP contribution < -0.4 is 10.1 Å². The van der Waals surface area contributed by atoms with Crippen molar-refractivity contribution in [2.75, 3.05) is 13.2 Å². The van der Waals surface area contributed by atoms with E-state index in [1.807, 2.05) is 61.5 Å². The average Bonchev–Trinajstić information content (AvgIpc) is 3.16. The minimum Gasteiger partial charge on any atom is -0.484 e. The maximum absolute atomic E-state index is 11.5. The number of carbonyl (C=O) groups excluding carboxylic acids is 1. The summed E-state index contributed by atoms with van der Waals surface area (Å²) in [6, 6.07) is 15.4. The number of hydrogen-bond acceptors (Lipinski definition) is 5. The van der Waals surface area contributed by atoms with Crippen LogP contribution in [-0.2, 0) is 9.59 Å². The van der Waals surface area contributed by atoms with Crippen LogP contribution in [0.3, 0.4) is 0 Å². The molecule has 0 spiro atoms. The molecule has 30 heavy (non-hydrogen) atoms. The van der Waals surface area contributed by atoms with E-state index < -0.39 is 5.97 Å². The second-order valence-corrected chi connectivity index (χ2v) is 7.75. The number of allylic oxidation sites excluding steroid dienone is 1. The van der Waals surface area contributed by atoms with Crippen LogP contribution in [0.2, 0.25) is 0 Å². The van der Waals surface area contributed by atoms with E-state index in [1.165, 1.54) is 0 Å². The third-order valence-electron chi connectivity index (χ3n) is 4.37. The molecule has 0 bridgehead atoms. The van der Waals surface area contributed by atoms with Crippen molar-refractivity contribution in [2.45, 2.75) is 26.2 Å². The number of amides is 1. The Morgan fingerprint density at radius 2 is 1.90 bits per heavy atom. The van der Waals surface area contributed by atoms with Crippen molar-refractivity contribution in [3.8, 4) is 5.75 Å². The summed E-state index contributed by atoms with van der Waals surface area (Å²) in [5.41, 5.74) is 2.91. The fourth-order valence-corrected chi connectivity index (χ4v) is 3.95. The molecule has 0 fully saturated rings. The Hall–Kier alpha value is -3.19. The van der Waals surface area contributed by atoms with Gasteiger partial charge in [-0.2, -0.15) is 0 Å². The molecule has 7 heteroatoms. The number of nitrogens with one attached hydrogen (secondary N) is 1. The normalized spacial score (nSPS) is 11.4. The number of carboxylic acids is 1. The summed E-state index contributed by atoms with van der Waals surface area (Å²) in [6.07, 6.45) is 3.33. The number of nitrogens with zero attached hydrogens (tertiary/aromatic N) is 1. The molecule has 0 saturated carbocycles. The largest absolute Gasteiger partial charge is 0.484 e. The van der Waals surface area contributed by atoms with Crippen LogP contribution in [-0.4, -0.2) is 35.1 Å². The SMILES string of the molecule is CCNC(=O)COc1ccc(/C=C(/CCCC(=O)O)c2nc3ccccc3s2)cc1. The highest BCUT2D eigenvalue weighted by Crippen LogP contribution is 2.31. The van der Waals surface area contributed by atoms with Gasteiger partial charge in [-0.1, -0.05) is 24.3 Å². The smallest absolute Gasteiger partial charge is 0.303 e. The topological polar surface area (TPSA) is 88.5 Å². The number of aromatic nitrogens is 1. The lowest BCUT2D eigenvalue weighted by atomic mass is 10.1. The Morgan fingerprint density at radius 3 is 2.60 bits per heavy atom. The van der Waals surface area contributed by atoms with Crippen LogP contribution in [0, 0.1) is 0 Å². The third kappa shape index (κ3) is 6.15. The summed E-state index contributed by atoms with van der Waals surface area (Å²) < 4.78 is 6.59. The van der Waals surface area contributed by atoms with Crippen molar-refractivity contribution in [2.24, 2.45) is 0 Å². The van der Waals surface area contributed by atoms with E-state index in [2.05, 4.69) is 5.32 Å². The predicted molar refractivity (Wildman–Crippen MR) is 120 cm³/mol. The number of para-hydroxylation sites is 1. The van der Waals surface area contributed by atoms with Gasteiger partial charge in [0, 0.05) is 13.0 Å². The lowest BCUT2D eigenvalue weighted by Gasteiger charge is -2.07. The maximum atomic E-state index is 11.5. The van der Waals surface area contributed by atoms with Crippen LogP contribution in [0.5, 0.6) is 5.75 Å². The van der Waals surface area contributed by atoms with Crippen molar-refractivity contribution < 1.29 is 19.4 Å². The van der Waals surface area contributed by atoms with Crippen molar-refractivity contribution in [3.05, 3.63) is 59.1 Å². The molecule has 3 aromatic rings. The number of carboxylic acid groups (broad SMARTS) is 1. The van der Waals surface area contributed by atoms with Crippen LogP contribution >= 0.6 is 11.3 Å². The summed E-state index contributed by atoms with van der Waals surface area (Å²) in [5, 5.41) is 12.6. The molecule has 0 aliphatic rings. The van der Waals surface area contributed by atoms with E-state index in [-0.39, 0.29) is 18.9 Å². The molecule has 0 aliphatic heterocycles. The summed E-state index contributed by atoms with van der Waals surface area (Å²) in [5.74, 6) is -0.337. The van der Waals surface area contributed by atoms with E-state index in [9.17, 15) is 9.59 Å². The zero-order valence-corrected chi connectivity index (χ0v) is 17.6. The Morgan fingerprint density at radius 1 is 1.13 bits per heavy atom. The molecule has 0 saturated heterocycles. The highest BCUT2D eigenvalue weighted by molar-refractivity contribution is 7.19. The molecule has 0 radical (unpaired) electrons. The van der Waals surface area contributed by atoms with Gasteiger partial charge in [-0.25, -0.2) is 4.98 Å². The number of hydrogen-bond donors (Lipinski definition) is 2. The number of fused-ring (bicyclic) bond motifs is 1.